The lowest BCUT2D eigenvalue weighted by Crippen LogP contribution is -2.15. The SMILES string of the molecule is CCCCc1ncc(/C=C(/C(=O)OCCOCCO[N+](=O)[O-])c2cccs2)n1Cc1ccc(C(=O)OCCOCCO[N+](=O)[O-])cc1. The van der Waals surface area contributed by atoms with Gasteiger partial charge in [-0.25, -0.2) is 14.6 Å². The first-order valence-electron chi connectivity index (χ1n) is 14.7. The molecule has 0 aliphatic rings. The molecular weight excluding hydrogens is 640 g/mol. The Bertz CT molecular complexity index is 1460. The Morgan fingerprint density at radius 3 is 2.13 bits per heavy atom. The lowest BCUT2D eigenvalue weighted by Gasteiger charge is -2.13. The van der Waals surface area contributed by atoms with Gasteiger partial charge in [0, 0.05) is 17.8 Å². The van der Waals surface area contributed by atoms with E-state index >= 15 is 0 Å². The summed E-state index contributed by atoms with van der Waals surface area (Å²) in [4.78, 5) is 59.6. The van der Waals surface area contributed by atoms with Crippen molar-refractivity contribution in [2.75, 3.05) is 52.9 Å². The Hall–Kier alpha value is -4.87. The topological polar surface area (TPSA) is 194 Å². The summed E-state index contributed by atoms with van der Waals surface area (Å²) in [5, 5.41) is 20.4. The van der Waals surface area contributed by atoms with Crippen molar-refractivity contribution in [3.05, 3.63) is 95.7 Å². The van der Waals surface area contributed by atoms with Crippen LogP contribution >= 0.6 is 11.3 Å². The van der Waals surface area contributed by atoms with E-state index in [0.29, 0.717) is 28.3 Å². The largest absolute Gasteiger partial charge is 0.460 e. The van der Waals surface area contributed by atoms with Gasteiger partial charge >= 0.3 is 11.9 Å². The highest BCUT2D eigenvalue weighted by atomic mass is 32.1. The van der Waals surface area contributed by atoms with Gasteiger partial charge in [-0.05, 0) is 41.6 Å². The summed E-state index contributed by atoms with van der Waals surface area (Å²) in [6, 6.07) is 10.6. The van der Waals surface area contributed by atoms with Gasteiger partial charge in [0.1, 0.15) is 32.3 Å². The second-order valence-corrected chi connectivity index (χ2v) is 10.6. The minimum Gasteiger partial charge on any atom is -0.460 e. The van der Waals surface area contributed by atoms with Crippen LogP contribution in [0.2, 0.25) is 0 Å². The molecule has 47 heavy (non-hydrogen) atoms. The molecule has 0 bridgehead atoms. The number of ether oxygens (including phenoxy) is 4. The Kier molecular flexibility index (Phi) is 15.8. The number of carbonyl (C=O) groups excluding carboxylic acids is 2. The van der Waals surface area contributed by atoms with E-state index < -0.39 is 22.1 Å². The number of unbranched alkanes of at least 4 members (excludes halogenated alkanes) is 1. The maximum absolute atomic E-state index is 13.2. The standard InChI is InChI=1S/C30H36N4O12S/c1-2-3-6-28-31-21-25(20-26(27-5-4-19-47-27)30(36)44-16-12-42-14-18-46-34(39)40)32(28)22-23-7-9-24(10-8-23)29(35)43-15-11-41-13-17-45-33(37)38/h4-5,7-10,19-21H,2-3,6,11-18,22H2,1H3/b26-20+. The van der Waals surface area contributed by atoms with E-state index in [9.17, 15) is 29.8 Å². The maximum Gasteiger partial charge on any atom is 0.339 e. The van der Waals surface area contributed by atoms with Gasteiger partial charge in [-0.15, -0.1) is 31.6 Å². The number of hydrogen-bond acceptors (Lipinski definition) is 14. The monoisotopic (exact) mass is 676 g/mol. The average molecular weight is 677 g/mol. The van der Waals surface area contributed by atoms with Crippen molar-refractivity contribution < 1.29 is 48.4 Å². The highest BCUT2D eigenvalue weighted by Crippen LogP contribution is 2.25. The van der Waals surface area contributed by atoms with Gasteiger partial charge in [-0.3, -0.25) is 0 Å². The lowest BCUT2D eigenvalue weighted by molar-refractivity contribution is -0.758. The average Bonchev–Trinajstić information content (AvgIpc) is 3.72. The molecule has 0 aliphatic carbocycles. The first-order valence-corrected chi connectivity index (χ1v) is 15.6. The number of nitrogens with zero attached hydrogens (tertiary/aromatic N) is 4. The molecule has 16 nitrogen and oxygen atoms in total. The third-order valence-electron chi connectivity index (χ3n) is 6.32. The van der Waals surface area contributed by atoms with Gasteiger partial charge < -0.3 is 33.2 Å². The fraction of sp³-hybridized carbons (Fsp3) is 0.433. The van der Waals surface area contributed by atoms with Crippen LogP contribution in [-0.4, -0.2) is 84.5 Å². The summed E-state index contributed by atoms with van der Waals surface area (Å²) < 4.78 is 23.0. The molecule has 0 fully saturated rings. The van der Waals surface area contributed by atoms with Gasteiger partial charge in [0.2, 0.25) is 0 Å². The normalized spacial score (nSPS) is 11.2. The van der Waals surface area contributed by atoms with Crippen LogP contribution in [0.5, 0.6) is 0 Å². The second-order valence-electron chi connectivity index (χ2n) is 9.63. The van der Waals surface area contributed by atoms with E-state index in [2.05, 4.69) is 21.6 Å². The molecule has 0 radical (unpaired) electrons. The van der Waals surface area contributed by atoms with Crippen LogP contribution in [0.3, 0.4) is 0 Å². The second kappa shape index (κ2) is 20.3. The van der Waals surface area contributed by atoms with Gasteiger partial charge in [-0.1, -0.05) is 31.5 Å². The zero-order valence-corrected chi connectivity index (χ0v) is 26.6. The van der Waals surface area contributed by atoms with E-state index in [-0.39, 0.29) is 52.9 Å². The molecule has 0 saturated carbocycles. The highest BCUT2D eigenvalue weighted by molar-refractivity contribution is 7.11. The number of aromatic nitrogens is 2. The van der Waals surface area contributed by atoms with Gasteiger partial charge in [0.15, 0.2) is 0 Å². The minimum absolute atomic E-state index is 0.00453. The molecule has 17 heteroatoms. The molecule has 0 N–H and O–H groups in total. The van der Waals surface area contributed by atoms with Crippen LogP contribution in [0.4, 0.5) is 0 Å². The number of thiophene rings is 1. The van der Waals surface area contributed by atoms with Crippen LogP contribution in [0, 0.1) is 20.2 Å². The van der Waals surface area contributed by atoms with Crippen LogP contribution < -0.4 is 0 Å². The molecule has 0 aliphatic heterocycles. The molecule has 3 rings (SSSR count). The fourth-order valence-electron chi connectivity index (χ4n) is 4.09. The number of imidazole rings is 1. The van der Waals surface area contributed by atoms with Gasteiger partial charge in [0.05, 0.1) is 49.5 Å². The summed E-state index contributed by atoms with van der Waals surface area (Å²) in [5.74, 6) is -0.251. The zero-order valence-electron chi connectivity index (χ0n) is 25.8. The van der Waals surface area contributed by atoms with E-state index in [0.717, 1.165) is 30.7 Å². The number of benzene rings is 1. The number of hydrogen-bond donors (Lipinski definition) is 0. The van der Waals surface area contributed by atoms with Crippen molar-refractivity contribution in [2.45, 2.75) is 32.7 Å². The first kappa shape index (κ1) is 36.6. The predicted molar refractivity (Wildman–Crippen MR) is 167 cm³/mol. The smallest absolute Gasteiger partial charge is 0.339 e. The van der Waals surface area contributed by atoms with E-state index in [1.807, 2.05) is 34.2 Å². The molecule has 1 aromatic carbocycles. The Labute approximate surface area is 274 Å². The van der Waals surface area contributed by atoms with Gasteiger partial charge in [0.25, 0.3) is 10.2 Å². The molecule has 0 atom stereocenters. The minimum atomic E-state index is -0.909. The number of aryl methyl sites for hydroxylation is 1. The summed E-state index contributed by atoms with van der Waals surface area (Å²) >= 11 is 1.39. The summed E-state index contributed by atoms with van der Waals surface area (Å²) in [7, 11) is 0. The van der Waals surface area contributed by atoms with Crippen molar-refractivity contribution in [2.24, 2.45) is 0 Å². The molecule has 2 heterocycles. The Morgan fingerprint density at radius 1 is 0.894 bits per heavy atom. The number of esters is 2. The van der Waals surface area contributed by atoms with Crippen molar-refractivity contribution in [3.63, 3.8) is 0 Å². The van der Waals surface area contributed by atoms with Crippen LogP contribution in [0.1, 0.15) is 52.1 Å². The molecule has 254 valence electrons. The van der Waals surface area contributed by atoms with Crippen LogP contribution in [0.25, 0.3) is 11.6 Å². The molecule has 3 aromatic rings. The van der Waals surface area contributed by atoms with E-state index in [1.54, 1.807) is 24.4 Å². The highest BCUT2D eigenvalue weighted by Gasteiger charge is 2.18. The summed E-state index contributed by atoms with van der Waals surface area (Å²) in [6.07, 6.45) is 6.07. The third-order valence-corrected chi connectivity index (χ3v) is 7.23. The summed E-state index contributed by atoms with van der Waals surface area (Å²) in [6.45, 7) is 2.10. The third kappa shape index (κ3) is 13.2. The molecule has 2 aromatic heterocycles. The van der Waals surface area contributed by atoms with E-state index in [4.69, 9.17) is 18.9 Å². The van der Waals surface area contributed by atoms with Crippen LogP contribution in [-0.2, 0) is 46.4 Å². The van der Waals surface area contributed by atoms with Gasteiger partial charge in [-0.2, -0.15) is 0 Å². The molecule has 0 amide bonds. The van der Waals surface area contributed by atoms with Crippen molar-refractivity contribution in [1.82, 2.24) is 9.55 Å². The molecule has 0 saturated heterocycles. The first-order chi connectivity index (χ1) is 22.8. The maximum atomic E-state index is 13.2. The van der Waals surface area contributed by atoms with Crippen LogP contribution in [0.15, 0.2) is 48.0 Å². The Balaban J connectivity index is 1.67. The van der Waals surface area contributed by atoms with Crippen molar-refractivity contribution in [1.29, 1.82) is 0 Å². The molecular formula is C30H36N4O12S. The summed E-state index contributed by atoms with van der Waals surface area (Å²) in [5.41, 5.74) is 2.27. The predicted octanol–water partition coefficient (Wildman–Crippen LogP) is 4.03. The number of carbonyl (C=O) groups is 2. The lowest BCUT2D eigenvalue weighted by atomic mass is 10.1. The number of rotatable bonds is 23. The Morgan fingerprint density at radius 2 is 1.53 bits per heavy atom. The van der Waals surface area contributed by atoms with E-state index in [1.165, 1.54) is 11.3 Å². The fourth-order valence-corrected chi connectivity index (χ4v) is 4.82. The van der Waals surface area contributed by atoms with Crippen molar-refractivity contribution >= 4 is 34.9 Å². The molecule has 0 spiro atoms. The quantitative estimate of drug-likeness (QED) is 0.0460. The zero-order chi connectivity index (χ0) is 33.9. The molecule has 0 unspecified atom stereocenters. The van der Waals surface area contributed by atoms with Crippen molar-refractivity contribution in [3.8, 4) is 0 Å².